The van der Waals surface area contributed by atoms with Gasteiger partial charge in [-0.2, -0.15) is 0 Å². The molecule has 0 saturated carbocycles. The van der Waals surface area contributed by atoms with E-state index in [2.05, 4.69) is 44.5 Å². The van der Waals surface area contributed by atoms with Gasteiger partial charge in [0.25, 0.3) is 0 Å². The summed E-state index contributed by atoms with van der Waals surface area (Å²) in [4.78, 5) is 6.39. The molecule has 0 radical (unpaired) electrons. The third-order valence-electron chi connectivity index (χ3n) is 3.59. The number of nitrogens with one attached hydrogen (secondary N) is 1. The van der Waals surface area contributed by atoms with Crippen LogP contribution in [-0.4, -0.2) is 46.8 Å². The van der Waals surface area contributed by atoms with Gasteiger partial charge >= 0.3 is 0 Å². The third-order valence-corrected chi connectivity index (χ3v) is 3.59. The second kappa shape index (κ2) is 8.17. The fourth-order valence-corrected chi connectivity index (χ4v) is 2.30. The van der Waals surface area contributed by atoms with Crippen LogP contribution in [0.15, 0.2) is 35.6 Å². The minimum Gasteiger partial charge on any atom is -0.497 e. The number of ether oxygens (including phenoxy) is 1. The van der Waals surface area contributed by atoms with Gasteiger partial charge in [-0.05, 0) is 24.6 Å². The van der Waals surface area contributed by atoms with Gasteiger partial charge in [0.1, 0.15) is 12.1 Å². The van der Waals surface area contributed by atoms with Gasteiger partial charge in [-0.3, -0.25) is 4.99 Å². The van der Waals surface area contributed by atoms with E-state index in [-0.39, 0.29) is 0 Å². The zero-order valence-corrected chi connectivity index (χ0v) is 14.2. The Kier molecular flexibility index (Phi) is 5.96. The molecule has 7 heteroatoms. The zero-order valence-electron chi connectivity index (χ0n) is 14.2. The lowest BCUT2D eigenvalue weighted by Gasteiger charge is -2.22. The number of aromatic nitrogens is 3. The molecule has 124 valence electrons. The van der Waals surface area contributed by atoms with E-state index in [0.717, 1.165) is 30.6 Å². The van der Waals surface area contributed by atoms with Crippen molar-refractivity contribution >= 4 is 5.96 Å². The number of methoxy groups -OCH3 is 1. The maximum absolute atomic E-state index is 5.18. The Bertz CT molecular complexity index is 634. The monoisotopic (exact) mass is 316 g/mol. The van der Waals surface area contributed by atoms with E-state index in [4.69, 9.17) is 4.74 Å². The van der Waals surface area contributed by atoms with Crippen molar-refractivity contribution in [1.82, 2.24) is 25.0 Å². The van der Waals surface area contributed by atoms with Crippen LogP contribution in [0.4, 0.5) is 0 Å². The van der Waals surface area contributed by atoms with Crippen LogP contribution in [0, 0.1) is 0 Å². The Labute approximate surface area is 137 Å². The molecule has 0 aliphatic carbocycles. The van der Waals surface area contributed by atoms with Crippen molar-refractivity contribution in [3.63, 3.8) is 0 Å². The first-order valence-corrected chi connectivity index (χ1v) is 7.59. The fraction of sp³-hybridized carbons (Fsp3) is 0.438. The van der Waals surface area contributed by atoms with Crippen LogP contribution in [-0.2, 0) is 19.6 Å². The molecule has 0 saturated heterocycles. The Morgan fingerprint density at radius 1 is 1.35 bits per heavy atom. The van der Waals surface area contributed by atoms with Gasteiger partial charge in [-0.1, -0.05) is 12.1 Å². The molecule has 1 aromatic heterocycles. The first-order chi connectivity index (χ1) is 11.2. The van der Waals surface area contributed by atoms with Crippen molar-refractivity contribution in [2.75, 3.05) is 21.2 Å². The van der Waals surface area contributed by atoms with E-state index in [1.54, 1.807) is 20.5 Å². The van der Waals surface area contributed by atoms with Crippen molar-refractivity contribution in [1.29, 1.82) is 0 Å². The highest BCUT2D eigenvalue weighted by Gasteiger charge is 2.09. The summed E-state index contributed by atoms with van der Waals surface area (Å²) in [7, 11) is 5.45. The minimum absolute atomic E-state index is 0.591. The maximum Gasteiger partial charge on any atom is 0.194 e. The summed E-state index contributed by atoms with van der Waals surface area (Å²) in [5.74, 6) is 2.57. The SMILES string of the molecule is CCn1cnnc1CNC(=NC)N(C)Cc1ccc(OC)cc1. The van der Waals surface area contributed by atoms with Gasteiger partial charge in [0.2, 0.25) is 0 Å². The normalized spacial score (nSPS) is 11.4. The predicted octanol–water partition coefficient (Wildman–Crippen LogP) is 1.51. The fourth-order valence-electron chi connectivity index (χ4n) is 2.30. The van der Waals surface area contributed by atoms with Gasteiger partial charge in [0.15, 0.2) is 11.8 Å². The molecule has 0 aliphatic rings. The number of aliphatic imine (C=N–C) groups is 1. The topological polar surface area (TPSA) is 67.6 Å². The molecule has 2 rings (SSSR count). The lowest BCUT2D eigenvalue weighted by molar-refractivity contribution is 0.414. The first-order valence-electron chi connectivity index (χ1n) is 7.59. The number of hydrogen-bond donors (Lipinski definition) is 1. The lowest BCUT2D eigenvalue weighted by Crippen LogP contribution is -2.38. The molecule has 0 aliphatic heterocycles. The molecule has 0 atom stereocenters. The molecule has 7 nitrogen and oxygen atoms in total. The molecule has 2 aromatic rings. The molecule has 1 heterocycles. The predicted molar refractivity (Wildman–Crippen MR) is 90.4 cm³/mol. The Morgan fingerprint density at radius 2 is 2.09 bits per heavy atom. The smallest absolute Gasteiger partial charge is 0.194 e. The summed E-state index contributed by atoms with van der Waals surface area (Å²) >= 11 is 0. The summed E-state index contributed by atoms with van der Waals surface area (Å²) in [6.07, 6.45) is 1.74. The summed E-state index contributed by atoms with van der Waals surface area (Å²) in [6.45, 7) is 4.26. The maximum atomic E-state index is 5.18. The molecule has 1 N–H and O–H groups in total. The van der Waals surface area contributed by atoms with E-state index >= 15 is 0 Å². The lowest BCUT2D eigenvalue weighted by atomic mass is 10.2. The quantitative estimate of drug-likeness (QED) is 0.646. The van der Waals surface area contributed by atoms with Crippen molar-refractivity contribution < 1.29 is 4.74 Å². The third kappa shape index (κ3) is 4.45. The van der Waals surface area contributed by atoms with Gasteiger partial charge in [0.05, 0.1) is 13.7 Å². The number of guanidine groups is 1. The highest BCUT2D eigenvalue weighted by Crippen LogP contribution is 2.12. The van der Waals surface area contributed by atoms with Crippen LogP contribution in [0.5, 0.6) is 5.75 Å². The highest BCUT2D eigenvalue weighted by atomic mass is 16.5. The first kappa shape index (κ1) is 16.8. The van der Waals surface area contributed by atoms with E-state index in [9.17, 15) is 0 Å². The highest BCUT2D eigenvalue weighted by molar-refractivity contribution is 5.79. The molecule has 0 unspecified atom stereocenters. The zero-order chi connectivity index (χ0) is 16.7. The number of aryl methyl sites for hydroxylation is 1. The van der Waals surface area contributed by atoms with Crippen molar-refractivity contribution in [2.24, 2.45) is 4.99 Å². The minimum atomic E-state index is 0.591. The molecule has 0 amide bonds. The Hall–Kier alpha value is -2.57. The average molecular weight is 316 g/mol. The van der Waals surface area contributed by atoms with Crippen molar-refractivity contribution in [3.05, 3.63) is 42.0 Å². The van der Waals surface area contributed by atoms with Crippen LogP contribution in [0.1, 0.15) is 18.3 Å². The summed E-state index contributed by atoms with van der Waals surface area (Å²) in [5, 5.41) is 11.4. The van der Waals surface area contributed by atoms with Gasteiger partial charge in [0, 0.05) is 27.2 Å². The molecule has 23 heavy (non-hydrogen) atoms. The molecule has 0 fully saturated rings. The van der Waals surface area contributed by atoms with Gasteiger partial charge < -0.3 is 19.5 Å². The average Bonchev–Trinajstić information content (AvgIpc) is 3.03. The second-order valence-corrected chi connectivity index (χ2v) is 5.14. The van der Waals surface area contributed by atoms with Crippen LogP contribution >= 0.6 is 0 Å². The number of benzene rings is 1. The number of hydrogen-bond acceptors (Lipinski definition) is 4. The van der Waals surface area contributed by atoms with Crippen LogP contribution < -0.4 is 10.1 Å². The molecule has 1 aromatic carbocycles. The van der Waals surface area contributed by atoms with Crippen molar-refractivity contribution in [3.8, 4) is 5.75 Å². The summed E-state index contributed by atoms with van der Waals surface area (Å²) < 4.78 is 7.18. The van der Waals surface area contributed by atoms with Crippen molar-refractivity contribution in [2.45, 2.75) is 26.6 Å². The van der Waals surface area contributed by atoms with Crippen LogP contribution in [0.3, 0.4) is 0 Å². The van der Waals surface area contributed by atoms with Crippen LogP contribution in [0.25, 0.3) is 0 Å². The van der Waals surface area contributed by atoms with E-state index in [0.29, 0.717) is 6.54 Å². The number of nitrogens with zero attached hydrogens (tertiary/aromatic N) is 5. The van der Waals surface area contributed by atoms with Gasteiger partial charge in [-0.15, -0.1) is 10.2 Å². The van der Waals surface area contributed by atoms with E-state index < -0.39 is 0 Å². The summed E-state index contributed by atoms with van der Waals surface area (Å²) in [6, 6.07) is 8.03. The largest absolute Gasteiger partial charge is 0.497 e. The standard InChI is InChI=1S/C16H24N6O/c1-5-22-12-19-20-15(22)10-18-16(17-2)21(3)11-13-6-8-14(23-4)9-7-13/h6-9,12H,5,10-11H2,1-4H3,(H,17,18). The number of rotatable bonds is 6. The van der Waals surface area contributed by atoms with Crippen LogP contribution in [0.2, 0.25) is 0 Å². The molecule has 0 bridgehead atoms. The molecular weight excluding hydrogens is 292 g/mol. The second-order valence-electron chi connectivity index (χ2n) is 5.14. The summed E-state index contributed by atoms with van der Waals surface area (Å²) in [5.41, 5.74) is 1.19. The Balaban J connectivity index is 1.94. The van der Waals surface area contributed by atoms with E-state index in [1.165, 1.54) is 5.56 Å². The Morgan fingerprint density at radius 3 is 2.70 bits per heavy atom. The van der Waals surface area contributed by atoms with Gasteiger partial charge in [-0.25, -0.2) is 0 Å². The molecule has 0 spiro atoms. The van der Waals surface area contributed by atoms with E-state index in [1.807, 2.05) is 23.7 Å². The molecular formula is C16H24N6O.